The number of benzene rings is 2. The van der Waals surface area contributed by atoms with Gasteiger partial charge in [0.15, 0.2) is 5.75 Å². The zero-order valence-electron chi connectivity index (χ0n) is 26.1. The first-order chi connectivity index (χ1) is 23.4. The monoisotopic (exact) mass is 693 g/mol. The molecule has 3 aromatic heterocycles. The Kier molecular flexibility index (Phi) is 9.26. The van der Waals surface area contributed by atoms with Crippen LogP contribution < -0.4 is 20.2 Å². The van der Waals surface area contributed by atoms with Crippen molar-refractivity contribution in [3.8, 4) is 11.4 Å². The van der Waals surface area contributed by atoms with Crippen LogP contribution in [0.15, 0.2) is 72.3 Å². The molecule has 48 heavy (non-hydrogen) atoms. The second kappa shape index (κ2) is 13.9. The number of ether oxygens (including phenoxy) is 3. The third kappa shape index (κ3) is 6.71. The van der Waals surface area contributed by atoms with Crippen LogP contribution in [0.4, 0.5) is 11.6 Å². The van der Waals surface area contributed by atoms with E-state index in [0.29, 0.717) is 33.9 Å². The maximum absolute atomic E-state index is 12.6. The quantitative estimate of drug-likeness (QED) is 0.200. The average Bonchev–Trinajstić information content (AvgIpc) is 3.86. The van der Waals surface area contributed by atoms with Crippen molar-refractivity contribution < 1.29 is 14.2 Å². The zero-order valence-corrected chi connectivity index (χ0v) is 27.6. The Labute approximate surface area is 285 Å². The number of anilines is 2. The third-order valence-corrected chi connectivity index (χ3v) is 8.79. The van der Waals surface area contributed by atoms with Gasteiger partial charge in [-0.1, -0.05) is 36.2 Å². The van der Waals surface area contributed by atoms with Crippen molar-refractivity contribution in [2.24, 2.45) is 0 Å². The molecule has 5 aromatic rings. The summed E-state index contributed by atoms with van der Waals surface area (Å²) < 4.78 is 23.2. The van der Waals surface area contributed by atoms with Gasteiger partial charge >= 0.3 is 5.69 Å². The Morgan fingerprint density at radius 2 is 1.73 bits per heavy atom. The SMILES string of the molecule is CCCn1ncn(-c2ccc(N3CCN(c4ncc(OC[C@@H]5CO[C@@](Cn6cnnn6)(c6ccc(Cl)cc6Cl)O5)cn4)CC3)cc2)c1=O. The number of aryl methyl sites for hydroxylation is 1. The lowest BCUT2D eigenvalue weighted by atomic mass is 10.1. The molecule has 2 aromatic carbocycles. The summed E-state index contributed by atoms with van der Waals surface area (Å²) in [5.74, 6) is -0.0739. The van der Waals surface area contributed by atoms with Crippen molar-refractivity contribution in [2.45, 2.75) is 38.3 Å². The number of aromatic nitrogens is 9. The lowest BCUT2D eigenvalue weighted by Gasteiger charge is -2.36. The molecule has 2 atom stereocenters. The molecule has 0 amide bonds. The molecule has 0 saturated carbocycles. The minimum Gasteiger partial charge on any atom is -0.488 e. The predicted molar refractivity (Wildman–Crippen MR) is 177 cm³/mol. The summed E-state index contributed by atoms with van der Waals surface area (Å²) in [7, 11) is 0. The highest BCUT2D eigenvalue weighted by molar-refractivity contribution is 6.35. The van der Waals surface area contributed by atoms with Crippen LogP contribution in [0, 0.1) is 0 Å². The fraction of sp³-hybridized carbons (Fsp3) is 0.387. The van der Waals surface area contributed by atoms with Crippen LogP contribution in [0.2, 0.25) is 10.0 Å². The predicted octanol–water partition coefficient (Wildman–Crippen LogP) is 3.20. The highest BCUT2D eigenvalue weighted by Crippen LogP contribution is 2.40. The van der Waals surface area contributed by atoms with Gasteiger partial charge in [-0.25, -0.2) is 28.7 Å². The molecule has 250 valence electrons. The molecule has 0 N–H and O–H groups in total. The van der Waals surface area contributed by atoms with Gasteiger partial charge in [0.05, 0.1) is 29.7 Å². The van der Waals surface area contributed by atoms with Crippen LogP contribution in [0.25, 0.3) is 5.69 Å². The zero-order chi connectivity index (χ0) is 33.1. The lowest BCUT2D eigenvalue weighted by Crippen LogP contribution is -2.47. The van der Waals surface area contributed by atoms with Gasteiger partial charge in [0.25, 0.3) is 0 Å². The number of hydrogen-bond acceptors (Lipinski definition) is 12. The van der Waals surface area contributed by atoms with Crippen LogP contribution in [0.5, 0.6) is 5.75 Å². The molecular formula is C31H33Cl2N11O4. The second-order valence-electron chi connectivity index (χ2n) is 11.5. The van der Waals surface area contributed by atoms with Gasteiger partial charge < -0.3 is 24.0 Å². The number of hydrogen-bond donors (Lipinski definition) is 0. The summed E-state index contributed by atoms with van der Waals surface area (Å²) in [6.07, 6.45) is 6.83. The number of rotatable bonds is 11. The molecule has 15 nitrogen and oxygen atoms in total. The number of piperazine rings is 1. The Morgan fingerprint density at radius 3 is 2.44 bits per heavy atom. The summed E-state index contributed by atoms with van der Waals surface area (Å²) in [5, 5.41) is 16.5. The van der Waals surface area contributed by atoms with Crippen molar-refractivity contribution in [3.05, 3.63) is 93.6 Å². The number of nitrogens with zero attached hydrogens (tertiary/aromatic N) is 11. The molecule has 2 saturated heterocycles. The average molecular weight is 695 g/mol. The first kappa shape index (κ1) is 32.0. The molecule has 2 fully saturated rings. The molecule has 7 rings (SSSR count). The van der Waals surface area contributed by atoms with Gasteiger partial charge in [-0.2, -0.15) is 5.10 Å². The Morgan fingerprint density at radius 1 is 0.979 bits per heavy atom. The molecule has 5 heterocycles. The summed E-state index contributed by atoms with van der Waals surface area (Å²) in [6.45, 7) is 6.40. The van der Waals surface area contributed by atoms with E-state index < -0.39 is 11.9 Å². The van der Waals surface area contributed by atoms with Crippen LogP contribution >= 0.6 is 23.2 Å². The van der Waals surface area contributed by atoms with E-state index in [1.807, 2.05) is 31.2 Å². The third-order valence-electron chi connectivity index (χ3n) is 8.24. The molecule has 0 radical (unpaired) electrons. The van der Waals surface area contributed by atoms with Crippen LogP contribution in [-0.2, 0) is 28.4 Å². The van der Waals surface area contributed by atoms with E-state index in [-0.39, 0.29) is 25.4 Å². The lowest BCUT2D eigenvalue weighted by molar-refractivity contribution is -0.190. The molecular weight excluding hydrogens is 661 g/mol. The van der Waals surface area contributed by atoms with E-state index in [1.54, 1.807) is 41.5 Å². The minimum absolute atomic E-state index is 0.130. The van der Waals surface area contributed by atoms with Gasteiger partial charge in [-0.15, -0.1) is 5.10 Å². The van der Waals surface area contributed by atoms with Crippen molar-refractivity contribution in [1.29, 1.82) is 0 Å². The fourth-order valence-electron chi connectivity index (χ4n) is 5.83. The summed E-state index contributed by atoms with van der Waals surface area (Å²) in [6, 6.07) is 13.1. The highest BCUT2D eigenvalue weighted by atomic mass is 35.5. The van der Waals surface area contributed by atoms with E-state index in [1.165, 1.54) is 15.7 Å². The van der Waals surface area contributed by atoms with E-state index in [4.69, 9.17) is 37.4 Å². The largest absolute Gasteiger partial charge is 0.488 e. The van der Waals surface area contributed by atoms with Gasteiger partial charge in [-0.3, -0.25) is 0 Å². The molecule has 2 aliphatic heterocycles. The number of tetrazole rings is 1. The molecule has 0 unspecified atom stereocenters. The van der Waals surface area contributed by atoms with E-state index in [0.717, 1.165) is 44.0 Å². The molecule has 0 spiro atoms. The maximum Gasteiger partial charge on any atom is 0.350 e. The van der Waals surface area contributed by atoms with Crippen molar-refractivity contribution in [3.63, 3.8) is 0 Å². The standard InChI is InChI=1S/C31H33Cl2N11O4/c1-2-9-44-30(45)43(21-37-44)24-6-4-23(5-7-24)40-10-12-41(13-11-40)29-34-15-25(16-35-29)46-17-26-18-47-31(48-26,19-42-20-36-38-39-42)27-8-3-22(32)14-28(27)33/h3-8,14-16,20-21,26H,2,9-13,17-19H2,1H3/t26-,31-/m1/s1. The smallest absolute Gasteiger partial charge is 0.350 e. The van der Waals surface area contributed by atoms with E-state index >= 15 is 0 Å². The van der Waals surface area contributed by atoms with Gasteiger partial charge in [0, 0.05) is 49.0 Å². The van der Waals surface area contributed by atoms with Crippen LogP contribution in [0.3, 0.4) is 0 Å². The van der Waals surface area contributed by atoms with Gasteiger partial charge in [0.2, 0.25) is 11.7 Å². The van der Waals surface area contributed by atoms with Crippen LogP contribution in [-0.4, -0.2) is 90.0 Å². The van der Waals surface area contributed by atoms with E-state index in [2.05, 4.69) is 40.4 Å². The first-order valence-electron chi connectivity index (χ1n) is 15.6. The fourth-order valence-corrected chi connectivity index (χ4v) is 6.38. The van der Waals surface area contributed by atoms with Crippen molar-refractivity contribution in [1.82, 2.24) is 44.5 Å². The Balaban J connectivity index is 0.925. The molecule has 2 aliphatic rings. The van der Waals surface area contributed by atoms with Gasteiger partial charge in [-0.05, 0) is 53.2 Å². The number of halogens is 2. The van der Waals surface area contributed by atoms with E-state index in [9.17, 15) is 4.79 Å². The Bertz CT molecular complexity index is 1880. The first-order valence-corrected chi connectivity index (χ1v) is 16.3. The van der Waals surface area contributed by atoms with Crippen LogP contribution in [0.1, 0.15) is 18.9 Å². The maximum atomic E-state index is 12.6. The normalized spacial score (nSPS) is 19.6. The highest BCUT2D eigenvalue weighted by Gasteiger charge is 2.46. The second-order valence-corrected chi connectivity index (χ2v) is 12.3. The minimum atomic E-state index is -1.23. The van der Waals surface area contributed by atoms with Crippen molar-refractivity contribution >= 4 is 34.8 Å². The van der Waals surface area contributed by atoms with Crippen molar-refractivity contribution in [2.75, 3.05) is 49.2 Å². The van der Waals surface area contributed by atoms with Gasteiger partial charge in [0.1, 0.15) is 31.9 Å². The topological polar surface area (TPSA) is 143 Å². The summed E-state index contributed by atoms with van der Waals surface area (Å²) >= 11 is 12.7. The Hall–Kier alpha value is -4.57. The summed E-state index contributed by atoms with van der Waals surface area (Å²) in [5.41, 5.74) is 2.37. The molecule has 0 bridgehead atoms. The molecule has 0 aliphatic carbocycles. The summed E-state index contributed by atoms with van der Waals surface area (Å²) in [4.78, 5) is 26.2. The molecule has 17 heteroatoms.